The van der Waals surface area contributed by atoms with Gasteiger partial charge in [0.1, 0.15) is 6.10 Å². The van der Waals surface area contributed by atoms with E-state index in [0.29, 0.717) is 37.1 Å². The summed E-state index contributed by atoms with van der Waals surface area (Å²) < 4.78 is 44.0. The van der Waals surface area contributed by atoms with E-state index in [2.05, 4.69) is 15.2 Å². The standard InChI is InChI=1S/C22H22F3N5O2/c1-15-13-17(32-20-9-8-16(14-26-20)22(23,24)25)5-4-12-29(15)21(31)18-6-2-3-7-19(18)30-27-10-11-28-30/h2-3,6-11,14-15,17H,4-5,12-13H2,1H3. The maximum Gasteiger partial charge on any atom is 0.417 e. The smallest absolute Gasteiger partial charge is 0.417 e. The van der Waals surface area contributed by atoms with Crippen molar-refractivity contribution in [2.75, 3.05) is 6.54 Å². The number of nitrogens with zero attached hydrogens (tertiary/aromatic N) is 5. The molecule has 4 rings (SSSR count). The minimum absolute atomic E-state index is 0.126. The lowest BCUT2D eigenvalue weighted by molar-refractivity contribution is -0.137. The van der Waals surface area contributed by atoms with Gasteiger partial charge in [0.05, 0.1) is 29.2 Å². The number of para-hydroxylation sites is 1. The highest BCUT2D eigenvalue weighted by Crippen LogP contribution is 2.30. The van der Waals surface area contributed by atoms with Crippen molar-refractivity contribution in [2.45, 2.75) is 44.5 Å². The quantitative estimate of drug-likeness (QED) is 0.604. The molecule has 2 atom stereocenters. The molecule has 0 saturated carbocycles. The number of rotatable bonds is 4. The zero-order chi connectivity index (χ0) is 22.7. The van der Waals surface area contributed by atoms with Crippen LogP contribution in [0.3, 0.4) is 0 Å². The van der Waals surface area contributed by atoms with E-state index in [1.54, 1.807) is 35.5 Å². The lowest BCUT2D eigenvalue weighted by Crippen LogP contribution is -2.39. The summed E-state index contributed by atoms with van der Waals surface area (Å²) in [6.45, 7) is 2.48. The maximum atomic E-state index is 13.4. The Morgan fingerprint density at radius 2 is 1.88 bits per heavy atom. The molecule has 1 fully saturated rings. The third kappa shape index (κ3) is 4.74. The minimum atomic E-state index is -4.44. The fourth-order valence-corrected chi connectivity index (χ4v) is 3.86. The van der Waals surface area contributed by atoms with Crippen molar-refractivity contribution in [1.29, 1.82) is 0 Å². The number of pyridine rings is 1. The first-order valence-corrected chi connectivity index (χ1v) is 10.3. The predicted molar refractivity (Wildman–Crippen MR) is 109 cm³/mol. The first kappa shape index (κ1) is 21.8. The summed E-state index contributed by atoms with van der Waals surface area (Å²) in [7, 11) is 0. The second-order valence-corrected chi connectivity index (χ2v) is 7.68. The van der Waals surface area contributed by atoms with Crippen LogP contribution in [0.2, 0.25) is 0 Å². The van der Waals surface area contributed by atoms with Crippen LogP contribution in [0.1, 0.15) is 42.1 Å². The first-order chi connectivity index (χ1) is 15.3. The minimum Gasteiger partial charge on any atom is -0.474 e. The van der Waals surface area contributed by atoms with Crippen LogP contribution in [0.15, 0.2) is 55.0 Å². The molecule has 32 heavy (non-hydrogen) atoms. The Kier molecular flexibility index (Phi) is 6.11. The molecule has 10 heteroatoms. The Labute approximate surface area is 182 Å². The van der Waals surface area contributed by atoms with E-state index in [1.807, 2.05) is 13.0 Å². The van der Waals surface area contributed by atoms with Gasteiger partial charge in [0, 0.05) is 31.3 Å². The molecule has 1 aliphatic rings. The van der Waals surface area contributed by atoms with Gasteiger partial charge in [-0.3, -0.25) is 4.79 Å². The van der Waals surface area contributed by atoms with Crippen LogP contribution < -0.4 is 4.74 Å². The van der Waals surface area contributed by atoms with E-state index in [-0.39, 0.29) is 23.9 Å². The number of alkyl halides is 3. The zero-order valence-electron chi connectivity index (χ0n) is 17.4. The largest absolute Gasteiger partial charge is 0.474 e. The number of hydrogen-bond acceptors (Lipinski definition) is 5. The number of likely N-dealkylation sites (tertiary alicyclic amines) is 1. The predicted octanol–water partition coefficient (Wildman–Crippen LogP) is 4.14. The number of halogens is 3. The molecule has 7 nitrogen and oxygen atoms in total. The molecular formula is C22H22F3N5O2. The molecule has 0 radical (unpaired) electrons. The van der Waals surface area contributed by atoms with Gasteiger partial charge in [0.15, 0.2) is 0 Å². The van der Waals surface area contributed by atoms with Gasteiger partial charge in [-0.2, -0.15) is 28.2 Å². The second kappa shape index (κ2) is 8.97. The summed E-state index contributed by atoms with van der Waals surface area (Å²) in [6.07, 6.45) is 1.07. The Balaban J connectivity index is 1.46. The molecule has 2 aromatic heterocycles. The Morgan fingerprint density at radius 1 is 1.12 bits per heavy atom. The van der Waals surface area contributed by atoms with Crippen LogP contribution in [-0.2, 0) is 6.18 Å². The molecule has 2 unspecified atom stereocenters. The second-order valence-electron chi connectivity index (χ2n) is 7.68. The molecule has 1 saturated heterocycles. The fraction of sp³-hybridized carbons (Fsp3) is 0.364. The summed E-state index contributed by atoms with van der Waals surface area (Å²) in [5.41, 5.74) is 0.279. The number of amides is 1. The number of carbonyl (C=O) groups is 1. The van der Waals surface area contributed by atoms with Gasteiger partial charge in [0.25, 0.3) is 5.91 Å². The maximum absolute atomic E-state index is 13.4. The van der Waals surface area contributed by atoms with E-state index in [9.17, 15) is 18.0 Å². The topological polar surface area (TPSA) is 73.1 Å². The van der Waals surface area contributed by atoms with Crippen molar-refractivity contribution in [3.8, 4) is 11.6 Å². The van der Waals surface area contributed by atoms with E-state index in [1.165, 1.54) is 10.9 Å². The Bertz CT molecular complexity index is 1050. The van der Waals surface area contributed by atoms with Crippen molar-refractivity contribution >= 4 is 5.91 Å². The number of ether oxygens (including phenoxy) is 1. The third-order valence-corrected chi connectivity index (χ3v) is 5.44. The highest BCUT2D eigenvalue weighted by Gasteiger charge is 2.32. The van der Waals surface area contributed by atoms with E-state index >= 15 is 0 Å². The van der Waals surface area contributed by atoms with Crippen molar-refractivity contribution < 1.29 is 22.7 Å². The molecule has 0 spiro atoms. The van der Waals surface area contributed by atoms with Gasteiger partial charge in [-0.25, -0.2) is 4.98 Å². The fourth-order valence-electron chi connectivity index (χ4n) is 3.86. The van der Waals surface area contributed by atoms with Crippen LogP contribution in [0, 0.1) is 0 Å². The van der Waals surface area contributed by atoms with E-state index in [0.717, 1.165) is 12.3 Å². The van der Waals surface area contributed by atoms with Gasteiger partial charge < -0.3 is 9.64 Å². The van der Waals surface area contributed by atoms with Gasteiger partial charge in [-0.05, 0) is 38.0 Å². The van der Waals surface area contributed by atoms with Crippen LogP contribution in [0.25, 0.3) is 5.69 Å². The van der Waals surface area contributed by atoms with E-state index < -0.39 is 11.7 Å². The molecule has 168 valence electrons. The summed E-state index contributed by atoms with van der Waals surface area (Å²) in [6, 6.07) is 9.21. The van der Waals surface area contributed by atoms with Crippen LogP contribution >= 0.6 is 0 Å². The number of benzene rings is 1. The summed E-state index contributed by atoms with van der Waals surface area (Å²) in [4.78, 5) is 20.4. The molecule has 3 aromatic rings. The molecule has 1 amide bonds. The first-order valence-electron chi connectivity index (χ1n) is 10.3. The zero-order valence-corrected chi connectivity index (χ0v) is 17.4. The van der Waals surface area contributed by atoms with Crippen molar-refractivity contribution in [2.24, 2.45) is 0 Å². The molecule has 1 aromatic carbocycles. The average Bonchev–Trinajstić information content (AvgIpc) is 3.24. The molecule has 0 bridgehead atoms. The molecule has 1 aliphatic heterocycles. The highest BCUT2D eigenvalue weighted by atomic mass is 19.4. The SMILES string of the molecule is CC1CC(Oc2ccc(C(F)(F)F)cn2)CCCN1C(=O)c1ccccc1-n1nccn1. The summed E-state index contributed by atoms with van der Waals surface area (Å²) in [5, 5.41) is 8.26. The number of hydrogen-bond donors (Lipinski definition) is 0. The molecule has 0 aliphatic carbocycles. The van der Waals surface area contributed by atoms with Gasteiger partial charge in [-0.15, -0.1) is 0 Å². The van der Waals surface area contributed by atoms with Gasteiger partial charge in [0.2, 0.25) is 5.88 Å². The molecular weight excluding hydrogens is 423 g/mol. The van der Waals surface area contributed by atoms with Crippen molar-refractivity contribution in [3.63, 3.8) is 0 Å². The van der Waals surface area contributed by atoms with Crippen molar-refractivity contribution in [1.82, 2.24) is 24.9 Å². The number of aromatic nitrogens is 4. The lowest BCUT2D eigenvalue weighted by atomic mass is 10.1. The van der Waals surface area contributed by atoms with Gasteiger partial charge >= 0.3 is 6.18 Å². The Morgan fingerprint density at radius 3 is 2.56 bits per heavy atom. The number of carbonyl (C=O) groups excluding carboxylic acids is 1. The van der Waals surface area contributed by atoms with Gasteiger partial charge in [-0.1, -0.05) is 12.1 Å². The normalized spacial score (nSPS) is 19.4. The summed E-state index contributed by atoms with van der Waals surface area (Å²) in [5.74, 6) is 0.0174. The highest BCUT2D eigenvalue weighted by molar-refractivity contribution is 5.97. The molecule has 0 N–H and O–H groups in total. The lowest BCUT2D eigenvalue weighted by Gasteiger charge is -2.28. The third-order valence-electron chi connectivity index (χ3n) is 5.44. The van der Waals surface area contributed by atoms with Crippen LogP contribution in [-0.4, -0.2) is 49.5 Å². The van der Waals surface area contributed by atoms with E-state index in [4.69, 9.17) is 4.74 Å². The monoisotopic (exact) mass is 445 g/mol. The average molecular weight is 445 g/mol. The molecule has 3 heterocycles. The van der Waals surface area contributed by atoms with Crippen molar-refractivity contribution in [3.05, 3.63) is 66.1 Å². The van der Waals surface area contributed by atoms with Crippen LogP contribution in [0.4, 0.5) is 13.2 Å². The Hall–Kier alpha value is -3.43. The van der Waals surface area contributed by atoms with Crippen LogP contribution in [0.5, 0.6) is 5.88 Å². The summed E-state index contributed by atoms with van der Waals surface area (Å²) >= 11 is 0.